The van der Waals surface area contributed by atoms with Crippen LogP contribution in [0.15, 0.2) is 11.7 Å². The summed E-state index contributed by atoms with van der Waals surface area (Å²) >= 11 is 1.62. The maximum absolute atomic E-state index is 9.80. The zero-order valence-corrected chi connectivity index (χ0v) is 9.05. The molecule has 3 heteroatoms. The zero-order chi connectivity index (χ0) is 9.68. The van der Waals surface area contributed by atoms with Crippen molar-refractivity contribution in [3.63, 3.8) is 0 Å². The first-order valence-electron chi connectivity index (χ1n) is 4.79. The zero-order valence-electron chi connectivity index (χ0n) is 8.23. The Morgan fingerprint density at radius 2 is 2.38 bits per heavy atom. The van der Waals surface area contributed by atoms with E-state index in [1.54, 1.807) is 11.3 Å². The van der Waals surface area contributed by atoms with E-state index in [0.29, 0.717) is 5.92 Å². The van der Waals surface area contributed by atoms with Crippen LogP contribution in [0.4, 0.5) is 0 Å². The molecule has 0 saturated carbocycles. The van der Waals surface area contributed by atoms with E-state index in [1.165, 1.54) is 4.88 Å². The third-order valence-corrected chi connectivity index (χ3v) is 3.10. The van der Waals surface area contributed by atoms with Crippen LogP contribution in [0.5, 0.6) is 0 Å². The lowest BCUT2D eigenvalue weighted by Gasteiger charge is -2.16. The molecule has 0 spiro atoms. The van der Waals surface area contributed by atoms with Crippen LogP contribution in [0, 0.1) is 5.92 Å². The van der Waals surface area contributed by atoms with E-state index in [9.17, 15) is 5.11 Å². The maximum Gasteiger partial charge on any atom is 0.0794 e. The lowest BCUT2D eigenvalue weighted by Crippen LogP contribution is -2.19. The average Bonchev–Trinajstić information content (AvgIpc) is 2.57. The second kappa shape index (κ2) is 5.35. The van der Waals surface area contributed by atoms with Crippen LogP contribution in [0.3, 0.4) is 0 Å². The van der Waals surface area contributed by atoms with Crippen molar-refractivity contribution >= 4 is 11.3 Å². The molecule has 1 aromatic rings. The van der Waals surface area contributed by atoms with Crippen LogP contribution in [0.2, 0.25) is 0 Å². The summed E-state index contributed by atoms with van der Waals surface area (Å²) in [5.74, 6) is 0.395. The van der Waals surface area contributed by atoms with Gasteiger partial charge in [-0.05, 0) is 12.3 Å². The first-order chi connectivity index (χ1) is 6.24. The van der Waals surface area contributed by atoms with Gasteiger partial charge < -0.3 is 5.11 Å². The Balaban J connectivity index is 2.36. The Hall–Kier alpha value is -0.410. The smallest absolute Gasteiger partial charge is 0.0794 e. The predicted octanol–water partition coefficient (Wildman–Crippen LogP) is 2.48. The molecule has 13 heavy (non-hydrogen) atoms. The van der Waals surface area contributed by atoms with Crippen molar-refractivity contribution in [1.82, 2.24) is 4.98 Å². The first-order valence-corrected chi connectivity index (χ1v) is 5.67. The van der Waals surface area contributed by atoms with Gasteiger partial charge in [0.15, 0.2) is 0 Å². The monoisotopic (exact) mass is 199 g/mol. The van der Waals surface area contributed by atoms with Crippen LogP contribution in [-0.2, 0) is 6.42 Å². The topological polar surface area (TPSA) is 33.1 Å². The molecule has 1 aromatic heterocycles. The number of hydrogen-bond donors (Lipinski definition) is 1. The third-order valence-electron chi connectivity index (χ3n) is 2.29. The fraction of sp³-hybridized carbons (Fsp3) is 0.700. The van der Waals surface area contributed by atoms with E-state index < -0.39 is 0 Å². The number of aliphatic hydroxyl groups is 1. The number of rotatable bonds is 5. The van der Waals surface area contributed by atoms with Gasteiger partial charge in [-0.3, -0.25) is 4.98 Å². The molecule has 0 aromatic carbocycles. The largest absolute Gasteiger partial charge is 0.392 e. The summed E-state index contributed by atoms with van der Waals surface area (Å²) in [6, 6.07) is 0. The second-order valence-corrected chi connectivity index (χ2v) is 4.48. The van der Waals surface area contributed by atoms with Gasteiger partial charge >= 0.3 is 0 Å². The minimum absolute atomic E-state index is 0.208. The summed E-state index contributed by atoms with van der Waals surface area (Å²) in [5.41, 5.74) is 1.81. The van der Waals surface area contributed by atoms with E-state index in [4.69, 9.17) is 0 Å². The van der Waals surface area contributed by atoms with Gasteiger partial charge in [0.2, 0.25) is 0 Å². The lowest BCUT2D eigenvalue weighted by atomic mass is 9.97. The number of nitrogens with zero attached hydrogens (tertiary/aromatic N) is 1. The molecular formula is C10H17NOS. The van der Waals surface area contributed by atoms with E-state index in [-0.39, 0.29) is 6.10 Å². The molecule has 0 aliphatic rings. The molecule has 2 unspecified atom stereocenters. The average molecular weight is 199 g/mol. The van der Waals surface area contributed by atoms with E-state index in [2.05, 4.69) is 18.8 Å². The Labute approximate surface area is 83.6 Å². The van der Waals surface area contributed by atoms with Crippen LogP contribution < -0.4 is 0 Å². The normalized spacial score (nSPS) is 15.6. The summed E-state index contributed by atoms with van der Waals surface area (Å²) in [6.45, 7) is 4.26. The SMILES string of the molecule is CCCC(C)C(O)Cc1cncs1. The molecule has 1 rings (SSSR count). The Morgan fingerprint density at radius 3 is 2.92 bits per heavy atom. The van der Waals surface area contributed by atoms with Gasteiger partial charge in [-0.2, -0.15) is 0 Å². The minimum Gasteiger partial charge on any atom is -0.392 e. The molecule has 74 valence electrons. The van der Waals surface area contributed by atoms with Crippen molar-refractivity contribution in [2.75, 3.05) is 0 Å². The summed E-state index contributed by atoms with van der Waals surface area (Å²) in [4.78, 5) is 5.16. The van der Waals surface area contributed by atoms with E-state index in [1.807, 2.05) is 11.7 Å². The quantitative estimate of drug-likeness (QED) is 0.790. The number of thiazole rings is 1. The molecule has 1 heterocycles. The molecule has 0 aliphatic carbocycles. The van der Waals surface area contributed by atoms with Gasteiger partial charge in [0.25, 0.3) is 0 Å². The highest BCUT2D eigenvalue weighted by atomic mass is 32.1. The van der Waals surface area contributed by atoms with E-state index >= 15 is 0 Å². The van der Waals surface area contributed by atoms with Crippen LogP contribution in [0.25, 0.3) is 0 Å². The summed E-state index contributed by atoms with van der Waals surface area (Å²) in [6.07, 6.45) is 4.62. The van der Waals surface area contributed by atoms with Gasteiger partial charge in [-0.1, -0.05) is 20.3 Å². The minimum atomic E-state index is -0.208. The maximum atomic E-state index is 9.80. The van der Waals surface area contributed by atoms with Crippen molar-refractivity contribution in [1.29, 1.82) is 0 Å². The van der Waals surface area contributed by atoms with Gasteiger partial charge in [0.1, 0.15) is 0 Å². The summed E-state index contributed by atoms with van der Waals surface area (Å²) in [5, 5.41) is 9.80. The summed E-state index contributed by atoms with van der Waals surface area (Å²) < 4.78 is 0. The van der Waals surface area contributed by atoms with Gasteiger partial charge in [0.05, 0.1) is 11.6 Å². The van der Waals surface area contributed by atoms with Crippen LogP contribution >= 0.6 is 11.3 Å². The van der Waals surface area contributed by atoms with Crippen LogP contribution in [-0.4, -0.2) is 16.2 Å². The first kappa shape index (κ1) is 10.7. The lowest BCUT2D eigenvalue weighted by molar-refractivity contribution is 0.112. The number of aliphatic hydroxyl groups excluding tert-OH is 1. The number of aromatic nitrogens is 1. The highest BCUT2D eigenvalue weighted by Gasteiger charge is 2.14. The third kappa shape index (κ3) is 3.44. The van der Waals surface area contributed by atoms with Gasteiger partial charge in [-0.15, -0.1) is 11.3 Å². The van der Waals surface area contributed by atoms with Crippen molar-refractivity contribution in [2.24, 2.45) is 5.92 Å². The molecule has 0 bridgehead atoms. The number of hydrogen-bond acceptors (Lipinski definition) is 3. The van der Waals surface area contributed by atoms with Gasteiger partial charge in [0, 0.05) is 17.5 Å². The molecular weight excluding hydrogens is 182 g/mol. The highest BCUT2D eigenvalue weighted by molar-refractivity contribution is 7.09. The Kier molecular flexibility index (Phi) is 4.39. The van der Waals surface area contributed by atoms with E-state index in [0.717, 1.165) is 19.3 Å². The molecule has 1 N–H and O–H groups in total. The fourth-order valence-electron chi connectivity index (χ4n) is 1.40. The molecule has 2 nitrogen and oxygen atoms in total. The second-order valence-electron chi connectivity index (χ2n) is 3.51. The molecule has 0 amide bonds. The fourth-order valence-corrected chi connectivity index (χ4v) is 2.04. The van der Waals surface area contributed by atoms with Crippen molar-refractivity contribution < 1.29 is 5.11 Å². The highest BCUT2D eigenvalue weighted by Crippen LogP contribution is 2.16. The van der Waals surface area contributed by atoms with Gasteiger partial charge in [-0.25, -0.2) is 0 Å². The summed E-state index contributed by atoms with van der Waals surface area (Å²) in [7, 11) is 0. The van der Waals surface area contributed by atoms with Crippen molar-refractivity contribution in [3.8, 4) is 0 Å². The standard InChI is InChI=1S/C10H17NOS/c1-3-4-8(2)10(12)5-9-6-11-7-13-9/h6-8,10,12H,3-5H2,1-2H3. The molecule has 2 atom stereocenters. The molecule has 0 radical (unpaired) electrons. The molecule has 0 fully saturated rings. The van der Waals surface area contributed by atoms with Crippen molar-refractivity contribution in [2.45, 2.75) is 39.2 Å². The predicted molar refractivity (Wildman–Crippen MR) is 55.9 cm³/mol. The molecule has 0 aliphatic heterocycles. The Morgan fingerprint density at radius 1 is 1.62 bits per heavy atom. The van der Waals surface area contributed by atoms with Crippen LogP contribution in [0.1, 0.15) is 31.6 Å². The Bertz CT molecular complexity index is 223. The molecule has 0 saturated heterocycles. The van der Waals surface area contributed by atoms with Crippen molar-refractivity contribution in [3.05, 3.63) is 16.6 Å².